The minimum Gasteiger partial charge on any atom is -0.492 e. The molecule has 6 nitrogen and oxygen atoms in total. The van der Waals surface area contributed by atoms with E-state index in [4.69, 9.17) is 26.4 Å². The van der Waals surface area contributed by atoms with Gasteiger partial charge >= 0.3 is 0 Å². The van der Waals surface area contributed by atoms with Gasteiger partial charge in [-0.05, 0) is 55.9 Å². The molecule has 0 aliphatic carbocycles. The number of para-hydroxylation sites is 1. The third-order valence-electron chi connectivity index (χ3n) is 6.30. The van der Waals surface area contributed by atoms with E-state index in [1.165, 1.54) is 5.56 Å². The Balaban J connectivity index is 1.96. The molecule has 1 heterocycles. The van der Waals surface area contributed by atoms with E-state index in [2.05, 4.69) is 63.9 Å². The molecule has 1 aliphatic rings. The molecule has 5 N–H and O–H groups in total. The molecule has 0 aromatic heterocycles. The van der Waals surface area contributed by atoms with E-state index in [0.29, 0.717) is 53.4 Å². The van der Waals surface area contributed by atoms with Crippen LogP contribution in [0, 0.1) is 24.2 Å². The van der Waals surface area contributed by atoms with E-state index in [9.17, 15) is 0 Å². The second-order valence-corrected chi connectivity index (χ2v) is 12.7. The van der Waals surface area contributed by atoms with Crippen LogP contribution < -0.4 is 20.9 Å². The van der Waals surface area contributed by atoms with Crippen LogP contribution in [0.3, 0.4) is 0 Å². The molecule has 4 rings (SSSR count). The second kappa shape index (κ2) is 12.8. The molecule has 0 spiro atoms. The van der Waals surface area contributed by atoms with Gasteiger partial charge in [-0.2, -0.15) is 0 Å². The van der Waals surface area contributed by atoms with E-state index < -0.39 is 0 Å². The molecule has 0 saturated heterocycles. The van der Waals surface area contributed by atoms with Gasteiger partial charge in [0, 0.05) is 15.5 Å². The molecule has 0 unspecified atom stereocenters. The zero-order valence-corrected chi connectivity index (χ0v) is 25.0. The quantitative estimate of drug-likeness (QED) is 0.195. The Labute approximate surface area is 240 Å². The highest BCUT2D eigenvalue weighted by Gasteiger charge is 2.35. The van der Waals surface area contributed by atoms with Crippen LogP contribution in [0.15, 0.2) is 73.1 Å². The predicted molar refractivity (Wildman–Crippen MR) is 164 cm³/mol. The van der Waals surface area contributed by atoms with Crippen molar-refractivity contribution in [3.8, 4) is 11.5 Å². The number of fused-ring (bicyclic) bond motifs is 1. The summed E-state index contributed by atoms with van der Waals surface area (Å²) < 4.78 is 13.0. The van der Waals surface area contributed by atoms with Crippen LogP contribution in [0.5, 0.6) is 11.5 Å². The van der Waals surface area contributed by atoms with Crippen molar-refractivity contribution in [1.82, 2.24) is 0 Å². The predicted octanol–water partition coefficient (Wildman–Crippen LogP) is 7.77. The average Bonchev–Trinajstić information content (AvgIpc) is 3.17. The Morgan fingerprint density at radius 2 is 1.36 bits per heavy atom. The number of benzene rings is 3. The molecule has 0 fully saturated rings. The number of hydrogen-bond acceptors (Lipinski definition) is 7. The Kier molecular flexibility index (Phi) is 9.51. The lowest BCUT2D eigenvalue weighted by atomic mass is 10.0. The molecule has 0 radical (unpaired) electrons. The first-order chi connectivity index (χ1) is 18.7. The lowest BCUT2D eigenvalue weighted by Gasteiger charge is -2.24. The fourth-order valence-corrected chi connectivity index (χ4v) is 6.21. The van der Waals surface area contributed by atoms with E-state index in [1.807, 2.05) is 24.3 Å². The van der Waals surface area contributed by atoms with Gasteiger partial charge in [0.1, 0.15) is 17.3 Å². The summed E-state index contributed by atoms with van der Waals surface area (Å²) in [4.78, 5) is 8.08. The number of ether oxygens (including phenoxy) is 2. The van der Waals surface area contributed by atoms with Crippen LogP contribution in [0.2, 0.25) is 0 Å². The maximum atomic E-state index is 8.75. The lowest BCUT2D eigenvalue weighted by molar-refractivity contribution is 0.270. The zero-order valence-electron chi connectivity index (χ0n) is 23.3. The van der Waals surface area contributed by atoms with Gasteiger partial charge in [0.25, 0.3) is 0 Å². The summed E-state index contributed by atoms with van der Waals surface area (Å²) in [5, 5.41) is 8.75. The first kappa shape index (κ1) is 28.9. The maximum Gasteiger partial charge on any atom is 0.158 e. The fraction of sp³-hybridized carbons (Fsp3) is 0.355. The van der Waals surface area contributed by atoms with Crippen molar-refractivity contribution in [3.63, 3.8) is 0 Å². The normalized spacial score (nSPS) is 12.7. The Bertz CT molecular complexity index is 1370. The minimum atomic E-state index is 0.0947. The molecule has 206 valence electrons. The van der Waals surface area contributed by atoms with Crippen molar-refractivity contribution >= 4 is 40.9 Å². The fourth-order valence-electron chi connectivity index (χ4n) is 4.02. The highest BCUT2D eigenvalue weighted by atomic mass is 32.2. The van der Waals surface area contributed by atoms with Crippen LogP contribution >= 0.6 is 23.5 Å². The summed E-state index contributed by atoms with van der Waals surface area (Å²) >= 11 is 3.14. The largest absolute Gasteiger partial charge is 0.492 e. The summed E-state index contributed by atoms with van der Waals surface area (Å²) in [6, 6.07) is 16.2. The van der Waals surface area contributed by atoms with Gasteiger partial charge in [0.05, 0.1) is 34.1 Å². The van der Waals surface area contributed by atoms with Gasteiger partial charge in [-0.3, -0.25) is 5.41 Å². The third kappa shape index (κ3) is 6.92. The number of aliphatic imine (C=N–C) groups is 1. The van der Waals surface area contributed by atoms with Crippen LogP contribution in [0.4, 0.5) is 5.69 Å². The summed E-state index contributed by atoms with van der Waals surface area (Å²) in [6.07, 6.45) is 1.77. The first-order valence-electron chi connectivity index (χ1n) is 13.4. The number of nitrogens with zero attached hydrogens (tertiary/aromatic N) is 1. The molecular formula is C31H38N4O2S2. The number of nitrogens with one attached hydrogen (secondary N) is 1. The molecule has 0 atom stereocenters. The Hall–Kier alpha value is -3.10. The van der Waals surface area contributed by atoms with Crippen molar-refractivity contribution < 1.29 is 9.47 Å². The summed E-state index contributed by atoms with van der Waals surface area (Å²) in [6.45, 7) is 11.8. The minimum absolute atomic E-state index is 0.0947. The highest BCUT2D eigenvalue weighted by Crippen LogP contribution is 2.54. The van der Waals surface area contributed by atoms with Gasteiger partial charge in [0.2, 0.25) is 0 Å². The number of nitrogen functional groups attached to an aromatic ring is 1. The summed E-state index contributed by atoms with van der Waals surface area (Å²) in [5.74, 6) is 2.58. The van der Waals surface area contributed by atoms with E-state index >= 15 is 0 Å². The van der Waals surface area contributed by atoms with Crippen LogP contribution in [0.1, 0.15) is 57.2 Å². The van der Waals surface area contributed by atoms with E-state index in [-0.39, 0.29) is 11.7 Å². The molecule has 0 bridgehead atoms. The van der Waals surface area contributed by atoms with Crippen molar-refractivity contribution in [2.24, 2.45) is 22.6 Å². The molecule has 0 amide bonds. The Morgan fingerprint density at radius 1 is 0.795 bits per heavy atom. The lowest BCUT2D eigenvalue weighted by Crippen LogP contribution is -2.16. The van der Waals surface area contributed by atoms with Crippen molar-refractivity contribution in [2.45, 2.75) is 67.0 Å². The van der Waals surface area contributed by atoms with Gasteiger partial charge in [0.15, 0.2) is 5.84 Å². The second-order valence-electron chi connectivity index (χ2n) is 10.5. The summed E-state index contributed by atoms with van der Waals surface area (Å²) in [5.41, 5.74) is 16.0. The molecule has 0 saturated carbocycles. The Morgan fingerprint density at radius 3 is 1.95 bits per heavy atom. The SMILES string of the molecule is Cc1ccc(Sc2c(OCCC(C)C)c3c(c(OCCC(C)C)c2Sc2ccccc2N)C(N)=NC3=N)cc1. The third-order valence-corrected chi connectivity index (χ3v) is 8.72. The zero-order chi connectivity index (χ0) is 28.1. The van der Waals surface area contributed by atoms with E-state index in [0.717, 1.165) is 32.4 Å². The van der Waals surface area contributed by atoms with Gasteiger partial charge in [-0.25, -0.2) is 4.99 Å². The van der Waals surface area contributed by atoms with Gasteiger partial charge < -0.3 is 20.9 Å². The number of amidine groups is 2. The van der Waals surface area contributed by atoms with Crippen molar-refractivity contribution in [3.05, 3.63) is 65.2 Å². The standard InChI is InChI=1S/C31H38N4O2S2/c1-18(2)14-16-36-26-24-25(31(34)35-30(24)33)27(37-17-15-19(3)4)29(39-23-9-7-6-8-22(23)32)28(26)38-21-12-10-20(5)11-13-21/h6-13,18-19H,14-17,32H2,1-5H3,(H3,33,34,35). The molecule has 1 aliphatic heterocycles. The van der Waals surface area contributed by atoms with Crippen molar-refractivity contribution in [2.75, 3.05) is 18.9 Å². The number of aryl methyl sites for hydroxylation is 1. The van der Waals surface area contributed by atoms with Gasteiger partial charge in [-0.15, -0.1) is 0 Å². The maximum absolute atomic E-state index is 8.75. The van der Waals surface area contributed by atoms with Crippen LogP contribution in [0.25, 0.3) is 0 Å². The molecule has 8 heteroatoms. The topological polar surface area (TPSA) is 107 Å². The van der Waals surface area contributed by atoms with Crippen LogP contribution in [-0.2, 0) is 0 Å². The van der Waals surface area contributed by atoms with Crippen LogP contribution in [-0.4, -0.2) is 24.9 Å². The number of nitrogens with two attached hydrogens (primary N) is 2. The molecular weight excluding hydrogens is 525 g/mol. The number of hydrogen-bond donors (Lipinski definition) is 3. The number of rotatable bonds is 12. The number of anilines is 1. The van der Waals surface area contributed by atoms with Gasteiger partial charge in [-0.1, -0.05) is 81.0 Å². The average molecular weight is 563 g/mol. The highest BCUT2D eigenvalue weighted by molar-refractivity contribution is 8.02. The monoisotopic (exact) mass is 562 g/mol. The summed E-state index contributed by atoms with van der Waals surface area (Å²) in [7, 11) is 0. The molecule has 3 aromatic carbocycles. The van der Waals surface area contributed by atoms with Crippen molar-refractivity contribution in [1.29, 1.82) is 5.41 Å². The van der Waals surface area contributed by atoms with E-state index in [1.54, 1.807) is 23.5 Å². The first-order valence-corrected chi connectivity index (χ1v) is 15.0. The smallest absolute Gasteiger partial charge is 0.158 e. The molecule has 39 heavy (non-hydrogen) atoms. The molecule has 3 aromatic rings.